The van der Waals surface area contributed by atoms with E-state index in [9.17, 15) is 14.7 Å². The molecule has 20 atom stereocenters. The molecule has 0 saturated carbocycles. The van der Waals surface area contributed by atoms with Crippen LogP contribution in [0.4, 0.5) is 0 Å². The fourth-order valence-corrected chi connectivity index (χ4v) is 13.8. The molecule has 19 heteroatoms. The van der Waals surface area contributed by atoms with Gasteiger partial charge in [0.15, 0.2) is 41.6 Å². The van der Waals surface area contributed by atoms with E-state index < -0.39 is 120 Å². The maximum atomic E-state index is 14.0. The third-order valence-corrected chi connectivity index (χ3v) is 26.4. The van der Waals surface area contributed by atoms with Crippen LogP contribution in [0.25, 0.3) is 0 Å². The Hall–Kier alpha value is -1.67. The number of nitrogens with zero attached hydrogens (tertiary/aromatic N) is 2. The SMILES string of the molecule is COC1C2CC(=O)OC(C)CC=CC=CC(OC3CCC(N(C)C)C(C)O3)C(C)CC(CC(O[Si](C)(C)C(C)(C)C)O2)C1OC1OC(C)C(OC2CC(C)(O)C(O[Si](C)(C)C(C)(C)C)C(C)O2)C(N(C)C)C1OC(C)=O. The number of aliphatic hydroxyl groups is 1. The summed E-state index contributed by atoms with van der Waals surface area (Å²) in [6, 6.07) is -0.351. The third kappa shape index (κ3) is 16.7. The number of ether oxygens (including phenoxy) is 10. The van der Waals surface area contributed by atoms with E-state index in [1.807, 2.05) is 58.0 Å². The summed E-state index contributed by atoms with van der Waals surface area (Å²) in [5, 5.41) is 11.8. The highest BCUT2D eigenvalue weighted by Crippen LogP contribution is 2.45. The Labute approximate surface area is 460 Å². The molecule has 0 radical (unpaired) electrons. The quantitative estimate of drug-likeness (QED) is 0.129. The maximum Gasteiger partial charge on any atom is 0.308 e. The number of cyclic esters (lactones) is 1. The molecule has 5 heterocycles. The first kappa shape index (κ1) is 65.1. The zero-order chi connectivity index (χ0) is 57.0. The zero-order valence-corrected chi connectivity index (χ0v) is 52.8. The monoisotopic (exact) mass is 1110 g/mol. The number of likely N-dealkylation sites (N-methyl/N-ethyl adjacent to an activating group) is 2. The van der Waals surface area contributed by atoms with Crippen LogP contribution in [0.1, 0.15) is 135 Å². The van der Waals surface area contributed by atoms with E-state index in [1.165, 1.54) is 6.92 Å². The molecule has 17 nitrogen and oxygen atoms in total. The molecule has 5 aliphatic rings. The van der Waals surface area contributed by atoms with E-state index in [2.05, 4.69) is 107 Å². The van der Waals surface area contributed by atoms with Crippen LogP contribution in [-0.2, 0) is 65.8 Å². The Bertz CT molecular complexity index is 1920. The van der Waals surface area contributed by atoms with Crippen LogP contribution in [0.2, 0.25) is 36.3 Å². The topological polar surface area (TPSA) is 172 Å². The van der Waals surface area contributed by atoms with Crippen LogP contribution in [0.15, 0.2) is 24.3 Å². The van der Waals surface area contributed by atoms with Gasteiger partial charge in [0, 0.05) is 39.3 Å². The second kappa shape index (κ2) is 26.5. The van der Waals surface area contributed by atoms with Crippen LogP contribution >= 0.6 is 0 Å². The van der Waals surface area contributed by atoms with E-state index >= 15 is 0 Å². The molecule has 0 aromatic rings. The van der Waals surface area contributed by atoms with E-state index in [0.29, 0.717) is 19.3 Å². The van der Waals surface area contributed by atoms with Crippen LogP contribution < -0.4 is 0 Å². The molecule has 0 aromatic heterocycles. The Balaban J connectivity index is 1.57. The minimum Gasteiger partial charge on any atom is -0.462 e. The van der Waals surface area contributed by atoms with Crippen molar-refractivity contribution in [3.63, 3.8) is 0 Å². The summed E-state index contributed by atoms with van der Waals surface area (Å²) in [4.78, 5) is 31.5. The van der Waals surface area contributed by atoms with Crippen molar-refractivity contribution in [2.75, 3.05) is 35.3 Å². The lowest BCUT2D eigenvalue weighted by Gasteiger charge is -2.52. The number of allylic oxidation sites excluding steroid dienone is 2. The van der Waals surface area contributed by atoms with Crippen molar-refractivity contribution >= 4 is 28.6 Å². The smallest absolute Gasteiger partial charge is 0.308 e. The van der Waals surface area contributed by atoms with Gasteiger partial charge < -0.3 is 71.1 Å². The van der Waals surface area contributed by atoms with Crippen LogP contribution in [0.5, 0.6) is 0 Å². The largest absolute Gasteiger partial charge is 0.462 e. The van der Waals surface area contributed by atoms with Gasteiger partial charge in [-0.3, -0.25) is 9.59 Å². The summed E-state index contributed by atoms with van der Waals surface area (Å²) in [5.74, 6) is -1.45. The molecule has 2 bridgehead atoms. The van der Waals surface area contributed by atoms with Crippen LogP contribution in [0, 0.1) is 11.8 Å². The molecule has 4 saturated heterocycles. The van der Waals surface area contributed by atoms with Crippen molar-refractivity contribution in [2.45, 2.75) is 281 Å². The van der Waals surface area contributed by atoms with Gasteiger partial charge in [-0.2, -0.15) is 0 Å². The Morgan fingerprint density at radius 2 is 1.37 bits per heavy atom. The summed E-state index contributed by atoms with van der Waals surface area (Å²) in [7, 11) is 4.77. The van der Waals surface area contributed by atoms with E-state index in [-0.39, 0.29) is 53.0 Å². The summed E-state index contributed by atoms with van der Waals surface area (Å²) in [5.41, 5.74) is -1.29. The van der Waals surface area contributed by atoms with Crippen molar-refractivity contribution in [3.8, 4) is 0 Å². The van der Waals surface area contributed by atoms with Gasteiger partial charge in [-0.15, -0.1) is 0 Å². The van der Waals surface area contributed by atoms with Gasteiger partial charge in [0.1, 0.15) is 24.6 Å². The van der Waals surface area contributed by atoms with E-state index in [0.717, 1.165) is 12.8 Å². The Kier molecular flexibility index (Phi) is 22.7. The lowest BCUT2D eigenvalue weighted by Crippen LogP contribution is -2.67. The normalized spacial score (nSPS) is 40.0. The summed E-state index contributed by atoms with van der Waals surface area (Å²) in [6.07, 6.45) is 1.11. The van der Waals surface area contributed by atoms with Gasteiger partial charge in [-0.25, -0.2) is 0 Å². The molecular weight excluding hydrogens is 1010 g/mol. The number of carbonyl (C=O) groups is 2. The van der Waals surface area contributed by atoms with Gasteiger partial charge in [0.25, 0.3) is 0 Å². The molecule has 4 fully saturated rings. The molecule has 0 aromatic carbocycles. The third-order valence-electron chi connectivity index (χ3n) is 17.5. The lowest BCUT2D eigenvalue weighted by atomic mass is 9.82. The standard InChI is InChI=1S/C57H104N2O15Si2/c1-34-30-40-31-46(73-75(19,20)55(7,8)9)70-43(32-44(61)64-35(2)26-24-23-25-27-42(34)69-45-29-28-41(58(14)15)36(3)65-45)51(63-18)50(40)72-54-52(68-39(6)60)48(59(16)17)49(37(4)67-54)71-47-33-57(13,62)53(38(5)66-47)74-76(21,22)56(10,11)12/h23-25,27,34-38,40-43,45-54,62H,26,28-33H2,1-22H3. The predicted octanol–water partition coefficient (Wildman–Crippen LogP) is 9.11. The molecule has 5 rings (SSSR count). The van der Waals surface area contributed by atoms with Gasteiger partial charge in [0.05, 0.1) is 60.8 Å². The average molecular weight is 1110 g/mol. The van der Waals surface area contributed by atoms with Gasteiger partial charge in [-0.1, -0.05) is 72.8 Å². The molecule has 0 amide bonds. The average Bonchev–Trinajstić information content (AvgIpc) is 3.38. The number of rotatable bonds is 14. The second-order valence-electron chi connectivity index (χ2n) is 26.5. The van der Waals surface area contributed by atoms with E-state index in [1.54, 1.807) is 14.0 Å². The molecule has 76 heavy (non-hydrogen) atoms. The first-order chi connectivity index (χ1) is 35.0. The Morgan fingerprint density at radius 1 is 0.737 bits per heavy atom. The molecule has 440 valence electrons. The van der Waals surface area contributed by atoms with Crippen molar-refractivity contribution in [2.24, 2.45) is 11.8 Å². The molecule has 20 unspecified atom stereocenters. The summed E-state index contributed by atoms with van der Waals surface area (Å²) in [6.45, 7) is 34.9. The van der Waals surface area contributed by atoms with Crippen LogP contribution in [-0.4, -0.2) is 189 Å². The van der Waals surface area contributed by atoms with Crippen LogP contribution in [0.3, 0.4) is 0 Å². The highest BCUT2D eigenvalue weighted by Gasteiger charge is 2.56. The number of hydrogen-bond acceptors (Lipinski definition) is 17. The highest BCUT2D eigenvalue weighted by atomic mass is 28.4. The molecule has 5 aliphatic heterocycles. The van der Waals surface area contributed by atoms with Gasteiger partial charge >= 0.3 is 11.9 Å². The van der Waals surface area contributed by atoms with Gasteiger partial charge in [0.2, 0.25) is 0 Å². The lowest BCUT2D eigenvalue weighted by molar-refractivity contribution is -0.343. The minimum absolute atomic E-state index is 0.0280. The highest BCUT2D eigenvalue weighted by molar-refractivity contribution is 6.74. The van der Waals surface area contributed by atoms with Gasteiger partial charge in [-0.05, 0) is 130 Å². The van der Waals surface area contributed by atoms with Crippen molar-refractivity contribution in [1.82, 2.24) is 9.80 Å². The number of fused-ring (bicyclic) bond motifs is 3. The number of methoxy groups -OCH3 is 1. The molecular formula is C57H104N2O15Si2. The second-order valence-corrected chi connectivity index (χ2v) is 36.0. The molecule has 0 spiro atoms. The molecule has 1 N–H and O–H groups in total. The zero-order valence-electron chi connectivity index (χ0n) is 50.8. The van der Waals surface area contributed by atoms with Crippen molar-refractivity contribution in [3.05, 3.63) is 24.3 Å². The number of hydrogen-bond donors (Lipinski definition) is 1. The maximum absolute atomic E-state index is 14.0. The summed E-state index contributed by atoms with van der Waals surface area (Å²) < 4.78 is 81.2. The summed E-state index contributed by atoms with van der Waals surface area (Å²) >= 11 is 0. The minimum atomic E-state index is -2.50. The van der Waals surface area contributed by atoms with Crippen molar-refractivity contribution in [1.29, 1.82) is 0 Å². The predicted molar refractivity (Wildman–Crippen MR) is 297 cm³/mol. The molecule has 0 aliphatic carbocycles. The first-order valence-corrected chi connectivity index (χ1v) is 34.1. The van der Waals surface area contributed by atoms with E-state index in [4.69, 9.17) is 56.2 Å². The fourth-order valence-electron chi connectivity index (χ4n) is 11.2. The first-order valence-electron chi connectivity index (χ1n) is 28.3. The number of esters is 2. The number of carbonyl (C=O) groups excluding carboxylic acids is 2. The van der Waals surface area contributed by atoms with Crippen molar-refractivity contribution < 1.29 is 70.9 Å². The Morgan fingerprint density at radius 3 is 1.93 bits per heavy atom. The fraction of sp³-hybridized carbons (Fsp3) is 0.895.